The van der Waals surface area contributed by atoms with Gasteiger partial charge in [-0.25, -0.2) is 0 Å². The minimum absolute atomic E-state index is 0.0467. The highest BCUT2D eigenvalue weighted by Gasteiger charge is 2.32. The molecule has 0 bridgehead atoms. The maximum Gasteiger partial charge on any atom is 0.431 e. The molecule has 0 saturated heterocycles. The van der Waals surface area contributed by atoms with E-state index in [1.807, 2.05) is 0 Å². The van der Waals surface area contributed by atoms with Crippen LogP contribution in [0.1, 0.15) is 5.69 Å². The lowest BCUT2D eigenvalue weighted by molar-refractivity contribution is -0.141. The Kier molecular flexibility index (Phi) is 2.71. The first-order chi connectivity index (χ1) is 7.97. The Hall–Kier alpha value is -2.11. The molecule has 2 heterocycles. The van der Waals surface area contributed by atoms with Crippen LogP contribution in [0.4, 0.5) is 13.2 Å². The van der Waals surface area contributed by atoms with Gasteiger partial charge in [0, 0.05) is 18.3 Å². The molecule has 0 unspecified atom stereocenters. The van der Waals surface area contributed by atoms with Gasteiger partial charge in [0.2, 0.25) is 0 Å². The number of pyridine rings is 2. The molecule has 0 aliphatic carbocycles. The molecule has 0 spiro atoms. The van der Waals surface area contributed by atoms with Crippen molar-refractivity contribution >= 4 is 0 Å². The number of aromatic nitrogens is 2. The summed E-state index contributed by atoms with van der Waals surface area (Å²) < 4.78 is 37.4. The van der Waals surface area contributed by atoms with Crippen molar-refractivity contribution in [2.75, 3.05) is 0 Å². The van der Waals surface area contributed by atoms with E-state index in [-0.39, 0.29) is 11.4 Å². The fraction of sp³-hybridized carbons (Fsp3) is 0.0909. The summed E-state index contributed by atoms with van der Waals surface area (Å²) in [6.45, 7) is 0. The minimum atomic E-state index is -4.58. The summed E-state index contributed by atoms with van der Waals surface area (Å²) in [5, 5.41) is 0. The predicted octanol–water partition coefficient (Wildman–Crippen LogP) is 2.46. The SMILES string of the molecule is O=c1cc(-c2ccccn2)[nH]c(C(F)(F)F)c1. The molecule has 0 aromatic carbocycles. The van der Waals surface area contributed by atoms with Crippen LogP contribution in [0.5, 0.6) is 0 Å². The molecule has 0 fully saturated rings. The van der Waals surface area contributed by atoms with Crippen molar-refractivity contribution in [3.63, 3.8) is 0 Å². The number of nitrogens with zero attached hydrogens (tertiary/aromatic N) is 1. The Morgan fingerprint density at radius 2 is 1.94 bits per heavy atom. The molecule has 0 saturated carbocycles. The second-order valence-electron chi connectivity index (χ2n) is 3.36. The first kappa shape index (κ1) is 11.4. The Morgan fingerprint density at radius 1 is 1.18 bits per heavy atom. The molecular weight excluding hydrogens is 233 g/mol. The lowest BCUT2D eigenvalue weighted by Gasteiger charge is -2.08. The molecule has 0 aliphatic rings. The van der Waals surface area contributed by atoms with Crippen LogP contribution in [0, 0.1) is 0 Å². The Morgan fingerprint density at radius 3 is 2.53 bits per heavy atom. The Balaban J connectivity index is 2.58. The summed E-state index contributed by atoms with van der Waals surface area (Å²) >= 11 is 0. The van der Waals surface area contributed by atoms with Gasteiger partial charge in [-0.05, 0) is 12.1 Å². The third kappa shape index (κ3) is 2.52. The van der Waals surface area contributed by atoms with Gasteiger partial charge in [0.05, 0.1) is 11.4 Å². The molecule has 88 valence electrons. The van der Waals surface area contributed by atoms with Crippen LogP contribution in [0.3, 0.4) is 0 Å². The maximum absolute atomic E-state index is 12.5. The molecule has 1 N–H and O–H groups in total. The average Bonchev–Trinajstić information content (AvgIpc) is 2.28. The van der Waals surface area contributed by atoms with Crippen LogP contribution in [0.2, 0.25) is 0 Å². The van der Waals surface area contributed by atoms with Gasteiger partial charge in [0.1, 0.15) is 5.69 Å². The number of alkyl halides is 3. The number of aromatic amines is 1. The van der Waals surface area contributed by atoms with E-state index in [0.29, 0.717) is 6.07 Å². The summed E-state index contributed by atoms with van der Waals surface area (Å²) in [6, 6.07) is 6.38. The zero-order chi connectivity index (χ0) is 12.5. The zero-order valence-electron chi connectivity index (χ0n) is 8.45. The van der Waals surface area contributed by atoms with Crippen LogP contribution in [0.25, 0.3) is 11.4 Å². The van der Waals surface area contributed by atoms with Gasteiger partial charge in [0.15, 0.2) is 5.43 Å². The normalized spacial score (nSPS) is 11.5. The third-order valence-electron chi connectivity index (χ3n) is 2.09. The molecule has 3 nitrogen and oxygen atoms in total. The van der Waals surface area contributed by atoms with Gasteiger partial charge in [-0.1, -0.05) is 6.07 Å². The molecule has 0 amide bonds. The quantitative estimate of drug-likeness (QED) is 0.832. The van der Waals surface area contributed by atoms with E-state index in [2.05, 4.69) is 9.97 Å². The number of rotatable bonds is 1. The molecule has 2 aromatic rings. The molecule has 0 atom stereocenters. The standard InChI is InChI=1S/C11H7F3N2O/c12-11(13,14)10-6-7(17)5-9(16-10)8-3-1-2-4-15-8/h1-6H,(H,16,17). The van der Waals surface area contributed by atoms with Gasteiger partial charge < -0.3 is 4.98 Å². The van der Waals surface area contributed by atoms with Gasteiger partial charge in [-0.15, -0.1) is 0 Å². The number of hydrogen-bond acceptors (Lipinski definition) is 2. The molecule has 0 radical (unpaired) electrons. The van der Waals surface area contributed by atoms with Crippen molar-refractivity contribution < 1.29 is 13.2 Å². The number of nitrogens with one attached hydrogen (secondary N) is 1. The smallest absolute Gasteiger partial charge is 0.350 e. The maximum atomic E-state index is 12.5. The van der Waals surface area contributed by atoms with Crippen LogP contribution in [0.15, 0.2) is 41.3 Å². The molecule has 6 heteroatoms. The first-order valence-electron chi connectivity index (χ1n) is 4.70. The van der Waals surface area contributed by atoms with E-state index in [9.17, 15) is 18.0 Å². The summed E-state index contributed by atoms with van der Waals surface area (Å²) in [6.07, 6.45) is -3.14. The van der Waals surface area contributed by atoms with E-state index in [1.54, 1.807) is 12.1 Å². The lowest BCUT2D eigenvalue weighted by atomic mass is 10.2. The Labute approximate surface area is 94.0 Å². The highest BCUT2D eigenvalue weighted by molar-refractivity contribution is 5.53. The second-order valence-corrected chi connectivity index (χ2v) is 3.36. The van der Waals surface area contributed by atoms with Crippen LogP contribution in [-0.4, -0.2) is 9.97 Å². The monoisotopic (exact) mass is 240 g/mol. The van der Waals surface area contributed by atoms with E-state index < -0.39 is 17.3 Å². The molecular formula is C11H7F3N2O. The van der Waals surface area contributed by atoms with Crippen molar-refractivity contribution in [2.45, 2.75) is 6.18 Å². The summed E-state index contributed by atoms with van der Waals surface area (Å²) in [5.41, 5.74) is -1.46. The topological polar surface area (TPSA) is 45.8 Å². The highest BCUT2D eigenvalue weighted by atomic mass is 19.4. The number of hydrogen-bond donors (Lipinski definition) is 1. The van der Waals surface area contributed by atoms with Crippen molar-refractivity contribution in [1.29, 1.82) is 0 Å². The van der Waals surface area contributed by atoms with E-state index in [4.69, 9.17) is 0 Å². The summed E-state index contributed by atoms with van der Waals surface area (Å²) in [5.74, 6) is 0. The van der Waals surface area contributed by atoms with Gasteiger partial charge in [0.25, 0.3) is 0 Å². The lowest BCUT2D eigenvalue weighted by Crippen LogP contribution is -2.13. The fourth-order valence-corrected chi connectivity index (χ4v) is 1.36. The molecule has 2 rings (SSSR count). The Bertz CT molecular complexity index is 575. The van der Waals surface area contributed by atoms with E-state index >= 15 is 0 Å². The van der Waals surface area contributed by atoms with Crippen molar-refractivity contribution in [3.8, 4) is 11.4 Å². The van der Waals surface area contributed by atoms with Crippen molar-refractivity contribution in [3.05, 3.63) is 52.4 Å². The second kappa shape index (κ2) is 4.04. The van der Waals surface area contributed by atoms with E-state index in [0.717, 1.165) is 6.07 Å². The van der Waals surface area contributed by atoms with E-state index in [1.165, 1.54) is 12.3 Å². The predicted molar refractivity (Wildman–Crippen MR) is 55.3 cm³/mol. The van der Waals surface area contributed by atoms with Crippen molar-refractivity contribution in [1.82, 2.24) is 9.97 Å². The first-order valence-corrected chi connectivity index (χ1v) is 4.70. The summed E-state index contributed by atoms with van der Waals surface area (Å²) in [7, 11) is 0. The van der Waals surface area contributed by atoms with Crippen molar-refractivity contribution in [2.24, 2.45) is 0 Å². The molecule has 0 aliphatic heterocycles. The van der Waals surface area contributed by atoms with Gasteiger partial charge in [-0.2, -0.15) is 13.2 Å². The van der Waals surface area contributed by atoms with Crippen LogP contribution < -0.4 is 5.43 Å². The van der Waals surface area contributed by atoms with Gasteiger partial charge >= 0.3 is 6.18 Å². The number of H-pyrrole nitrogens is 1. The fourth-order valence-electron chi connectivity index (χ4n) is 1.36. The average molecular weight is 240 g/mol. The minimum Gasteiger partial charge on any atom is -0.350 e. The van der Waals surface area contributed by atoms with Crippen LogP contribution in [-0.2, 0) is 6.18 Å². The third-order valence-corrected chi connectivity index (χ3v) is 2.09. The molecule has 2 aromatic heterocycles. The number of halogens is 3. The van der Waals surface area contributed by atoms with Crippen LogP contribution >= 0.6 is 0 Å². The summed E-state index contributed by atoms with van der Waals surface area (Å²) in [4.78, 5) is 17.2. The largest absolute Gasteiger partial charge is 0.431 e. The van der Waals surface area contributed by atoms with Gasteiger partial charge in [-0.3, -0.25) is 9.78 Å². The highest BCUT2D eigenvalue weighted by Crippen LogP contribution is 2.27. The zero-order valence-corrected chi connectivity index (χ0v) is 8.45. The molecule has 17 heavy (non-hydrogen) atoms.